The summed E-state index contributed by atoms with van der Waals surface area (Å²) < 4.78 is 2.54. The number of hydrogen-bond donors (Lipinski definition) is 4. The Morgan fingerprint density at radius 2 is 1.58 bits per heavy atom. The minimum Gasteiger partial charge on any atom is -0.506 e. The molecule has 3 aliphatic heterocycles. The summed E-state index contributed by atoms with van der Waals surface area (Å²) in [5, 5.41) is 13.8. The number of anilines is 1. The van der Waals surface area contributed by atoms with E-state index in [9.17, 15) is 19.5 Å². The third-order valence-corrected chi connectivity index (χ3v) is 12.4. The number of benzene rings is 1. The van der Waals surface area contributed by atoms with Crippen molar-refractivity contribution in [1.29, 1.82) is 0 Å². The van der Waals surface area contributed by atoms with E-state index in [1.54, 1.807) is 46.3 Å². The number of aromatic amines is 1. The SMILES string of the molecule is NC(=O)[C@H](Cc1cc(Br)c(O)c(Br)c1)N(C(=O)N1CCC(n2c(=O)[nH]c3ncccc32)CC1)[C@@H](CC1CCNCC1)C(=O)N1CCN(c2ccncc2)CC1. The standard InChI is InChI=1S/C38H46Br2N10O5/c39-28-20-25(21-29(40)33(28)51)23-31(34(41)52)50(38(55)48-14-7-27(8-15-48)49-30-2-1-9-44-35(30)45-37(49)54)32(22-24-3-10-42-11-4-24)36(53)47-18-16-46(17-19-47)26-5-12-43-13-6-26/h1-2,5-6,9,12-13,20-21,24,27,31-32,42,51H,3-4,7-8,10-11,14-19,22-23H2,(H2,41,52)(H,44,45,54)/t31-,32-/m0/s1. The van der Waals surface area contributed by atoms with Crippen molar-refractivity contribution in [2.24, 2.45) is 11.7 Å². The largest absolute Gasteiger partial charge is 0.506 e. The Balaban J connectivity index is 1.21. The average Bonchev–Trinajstić information content (AvgIpc) is 3.55. The third kappa shape index (κ3) is 8.53. The first-order valence-corrected chi connectivity index (χ1v) is 20.4. The fraction of sp³-hybridized carbons (Fsp3) is 0.474. The number of aromatic hydroxyl groups is 1. The fourth-order valence-corrected chi connectivity index (χ4v) is 9.58. The molecule has 0 spiro atoms. The molecule has 292 valence electrons. The molecule has 17 heteroatoms. The first-order chi connectivity index (χ1) is 26.6. The second kappa shape index (κ2) is 17.1. The number of piperidine rings is 2. The Labute approximate surface area is 335 Å². The van der Waals surface area contributed by atoms with Crippen molar-refractivity contribution in [3.05, 3.63) is 80.0 Å². The molecule has 3 fully saturated rings. The molecule has 3 saturated heterocycles. The van der Waals surface area contributed by atoms with Crippen LogP contribution in [-0.2, 0) is 16.0 Å². The number of imidazole rings is 1. The lowest BCUT2D eigenvalue weighted by atomic mass is 9.88. The molecule has 0 unspecified atom stereocenters. The number of nitrogens with one attached hydrogen (secondary N) is 2. The van der Waals surface area contributed by atoms with Crippen molar-refractivity contribution >= 4 is 66.6 Å². The predicted molar refractivity (Wildman–Crippen MR) is 215 cm³/mol. The minimum atomic E-state index is -1.18. The number of likely N-dealkylation sites (tertiary alicyclic amines) is 1. The van der Waals surface area contributed by atoms with Gasteiger partial charge in [0, 0.05) is 76.0 Å². The van der Waals surface area contributed by atoms with E-state index < -0.39 is 24.0 Å². The number of phenolic OH excluding ortho intramolecular Hbond substituents is 1. The highest BCUT2D eigenvalue weighted by Crippen LogP contribution is 2.35. The molecule has 15 nitrogen and oxygen atoms in total. The first kappa shape index (κ1) is 38.8. The maximum Gasteiger partial charge on any atom is 0.327 e. The van der Waals surface area contributed by atoms with Gasteiger partial charge in [-0.05, 0) is 125 Å². The molecule has 4 aromatic rings. The Morgan fingerprint density at radius 1 is 0.909 bits per heavy atom. The van der Waals surface area contributed by atoms with Crippen LogP contribution in [-0.4, -0.2) is 122 Å². The van der Waals surface area contributed by atoms with Crippen LogP contribution in [0.1, 0.15) is 43.7 Å². The van der Waals surface area contributed by atoms with E-state index >= 15 is 4.79 Å². The van der Waals surface area contributed by atoms with Gasteiger partial charge in [-0.25, -0.2) is 14.6 Å². The number of rotatable bonds is 10. The molecule has 0 radical (unpaired) electrons. The number of H-pyrrole nitrogens is 1. The van der Waals surface area contributed by atoms with Crippen LogP contribution in [0.2, 0.25) is 0 Å². The van der Waals surface area contributed by atoms with Gasteiger partial charge in [0.1, 0.15) is 17.8 Å². The molecule has 5 N–H and O–H groups in total. The topological polar surface area (TPSA) is 186 Å². The molecule has 7 rings (SSSR count). The van der Waals surface area contributed by atoms with Gasteiger partial charge < -0.3 is 35.8 Å². The van der Waals surface area contributed by atoms with Crippen molar-refractivity contribution in [2.75, 3.05) is 57.3 Å². The highest BCUT2D eigenvalue weighted by atomic mass is 79.9. The smallest absolute Gasteiger partial charge is 0.327 e. The summed E-state index contributed by atoms with van der Waals surface area (Å²) in [5.41, 5.74) is 8.86. The summed E-state index contributed by atoms with van der Waals surface area (Å²) in [6.07, 6.45) is 8.19. The summed E-state index contributed by atoms with van der Waals surface area (Å²) in [7, 11) is 0. The molecule has 3 aliphatic rings. The molecule has 0 saturated carbocycles. The molecule has 1 aromatic carbocycles. The van der Waals surface area contributed by atoms with Gasteiger partial charge in [0.25, 0.3) is 0 Å². The summed E-state index contributed by atoms with van der Waals surface area (Å²) in [6, 6.07) is 8.18. The number of pyridine rings is 2. The molecule has 0 bridgehead atoms. The molecule has 4 amide bonds. The van der Waals surface area contributed by atoms with Crippen LogP contribution >= 0.6 is 31.9 Å². The quantitative estimate of drug-likeness (QED) is 0.185. The van der Waals surface area contributed by atoms with E-state index in [0.29, 0.717) is 84.2 Å². The lowest BCUT2D eigenvalue weighted by Crippen LogP contribution is -2.64. The first-order valence-electron chi connectivity index (χ1n) is 18.8. The normalized spacial score (nSPS) is 18.3. The van der Waals surface area contributed by atoms with Crippen LogP contribution in [0.4, 0.5) is 10.5 Å². The number of aromatic nitrogens is 4. The number of fused-ring (bicyclic) bond motifs is 1. The van der Waals surface area contributed by atoms with Gasteiger partial charge in [-0.2, -0.15) is 0 Å². The van der Waals surface area contributed by atoms with E-state index in [0.717, 1.165) is 31.6 Å². The predicted octanol–water partition coefficient (Wildman–Crippen LogP) is 3.61. The monoisotopic (exact) mass is 880 g/mol. The van der Waals surface area contributed by atoms with E-state index in [2.05, 4.69) is 57.0 Å². The number of hydrogen-bond acceptors (Lipinski definition) is 9. The number of nitrogens with zero attached hydrogens (tertiary/aromatic N) is 7. The number of piperazine rings is 1. The van der Waals surface area contributed by atoms with E-state index in [1.807, 2.05) is 23.1 Å². The average molecular weight is 883 g/mol. The highest BCUT2D eigenvalue weighted by Gasteiger charge is 2.44. The molecular formula is C38H46Br2N10O5. The Morgan fingerprint density at radius 3 is 2.24 bits per heavy atom. The minimum absolute atomic E-state index is 0.00476. The van der Waals surface area contributed by atoms with Gasteiger partial charge in [0.2, 0.25) is 11.8 Å². The highest BCUT2D eigenvalue weighted by molar-refractivity contribution is 9.11. The van der Waals surface area contributed by atoms with Gasteiger partial charge in [0.05, 0.1) is 14.5 Å². The Kier molecular flexibility index (Phi) is 12.1. The van der Waals surface area contributed by atoms with Crippen LogP contribution in [0.3, 0.4) is 0 Å². The summed E-state index contributed by atoms with van der Waals surface area (Å²) in [6.45, 7) is 4.32. The fourth-order valence-electron chi connectivity index (χ4n) is 8.30. The number of carbonyl (C=O) groups excluding carboxylic acids is 3. The zero-order valence-corrected chi connectivity index (χ0v) is 33.6. The maximum atomic E-state index is 15.1. The zero-order chi connectivity index (χ0) is 38.6. The van der Waals surface area contributed by atoms with Crippen molar-refractivity contribution < 1.29 is 19.5 Å². The van der Waals surface area contributed by atoms with Crippen LogP contribution in [0.5, 0.6) is 5.75 Å². The van der Waals surface area contributed by atoms with Crippen molar-refractivity contribution in [3.8, 4) is 5.75 Å². The number of urea groups is 1. The van der Waals surface area contributed by atoms with Crippen LogP contribution in [0, 0.1) is 5.92 Å². The number of nitrogens with two attached hydrogens (primary N) is 1. The number of halogens is 2. The van der Waals surface area contributed by atoms with Crippen LogP contribution < -0.4 is 21.6 Å². The molecule has 2 atom stereocenters. The van der Waals surface area contributed by atoms with Crippen LogP contribution in [0.25, 0.3) is 11.2 Å². The van der Waals surface area contributed by atoms with Gasteiger partial charge in [-0.1, -0.05) is 0 Å². The number of phenols is 1. The van der Waals surface area contributed by atoms with Crippen molar-refractivity contribution in [2.45, 2.75) is 56.7 Å². The number of carbonyl (C=O) groups is 3. The second-order valence-electron chi connectivity index (χ2n) is 14.6. The van der Waals surface area contributed by atoms with Gasteiger partial charge >= 0.3 is 11.7 Å². The summed E-state index contributed by atoms with van der Waals surface area (Å²) in [5.74, 6) is -0.785. The van der Waals surface area contributed by atoms with Crippen molar-refractivity contribution in [1.82, 2.24) is 39.5 Å². The molecule has 3 aromatic heterocycles. The zero-order valence-electron chi connectivity index (χ0n) is 30.4. The summed E-state index contributed by atoms with van der Waals surface area (Å²) >= 11 is 6.79. The lowest BCUT2D eigenvalue weighted by molar-refractivity contribution is -0.139. The molecular weight excluding hydrogens is 836 g/mol. The number of primary amides is 1. The Hall–Kier alpha value is -4.48. The lowest BCUT2D eigenvalue weighted by Gasteiger charge is -2.45. The second-order valence-corrected chi connectivity index (χ2v) is 16.3. The van der Waals surface area contributed by atoms with Gasteiger partial charge in [0.15, 0.2) is 5.65 Å². The Bertz CT molecular complexity index is 2030. The third-order valence-electron chi connectivity index (χ3n) is 11.2. The van der Waals surface area contributed by atoms with E-state index in [-0.39, 0.29) is 35.7 Å². The van der Waals surface area contributed by atoms with E-state index in [4.69, 9.17) is 5.73 Å². The van der Waals surface area contributed by atoms with Crippen molar-refractivity contribution in [3.63, 3.8) is 0 Å². The van der Waals surface area contributed by atoms with Gasteiger partial charge in [-0.3, -0.25) is 24.1 Å². The number of amides is 4. The molecule has 55 heavy (non-hydrogen) atoms. The molecule has 0 aliphatic carbocycles. The van der Waals surface area contributed by atoms with Crippen LogP contribution in [0.15, 0.2) is 68.7 Å². The molecule has 6 heterocycles. The maximum absolute atomic E-state index is 15.1. The summed E-state index contributed by atoms with van der Waals surface area (Å²) in [4.78, 5) is 75.2. The van der Waals surface area contributed by atoms with Gasteiger partial charge in [-0.15, -0.1) is 0 Å². The van der Waals surface area contributed by atoms with E-state index in [1.165, 1.54) is 4.90 Å².